The van der Waals surface area contributed by atoms with Crippen molar-refractivity contribution in [2.75, 3.05) is 5.73 Å². The monoisotopic (exact) mass is 247 g/mol. The van der Waals surface area contributed by atoms with Crippen LogP contribution < -0.4 is 5.73 Å². The van der Waals surface area contributed by atoms with Gasteiger partial charge in [-0.25, -0.2) is 0 Å². The maximum atomic E-state index is 5.69. The Morgan fingerprint density at radius 2 is 1.56 bits per heavy atom. The van der Waals surface area contributed by atoms with Crippen LogP contribution in [-0.2, 0) is 6.42 Å². The number of aryl methyl sites for hydroxylation is 1. The first-order valence-electron chi connectivity index (χ1n) is 7.38. The molecule has 1 aromatic rings. The van der Waals surface area contributed by atoms with Crippen LogP contribution in [0.5, 0.6) is 0 Å². The van der Waals surface area contributed by atoms with E-state index in [1.54, 1.807) is 0 Å². The molecule has 1 nitrogen and oxygen atoms in total. The Bertz CT molecular complexity index is 324. The van der Waals surface area contributed by atoms with Gasteiger partial charge in [-0.3, -0.25) is 0 Å². The van der Waals surface area contributed by atoms with E-state index in [4.69, 9.17) is 5.73 Å². The summed E-state index contributed by atoms with van der Waals surface area (Å²) < 4.78 is 0. The van der Waals surface area contributed by atoms with Gasteiger partial charge in [-0.05, 0) is 48.8 Å². The van der Waals surface area contributed by atoms with Crippen molar-refractivity contribution < 1.29 is 0 Å². The second-order valence-electron chi connectivity index (χ2n) is 6.22. The normalized spacial score (nSPS) is 11.7. The van der Waals surface area contributed by atoms with E-state index < -0.39 is 0 Å². The number of nitrogens with two attached hydrogens (primary N) is 1. The van der Waals surface area contributed by atoms with E-state index in [-0.39, 0.29) is 0 Å². The molecule has 0 radical (unpaired) electrons. The van der Waals surface area contributed by atoms with Gasteiger partial charge in [0.15, 0.2) is 0 Å². The zero-order valence-corrected chi connectivity index (χ0v) is 12.3. The molecule has 18 heavy (non-hydrogen) atoms. The van der Waals surface area contributed by atoms with Gasteiger partial charge in [-0.1, -0.05) is 52.2 Å². The van der Waals surface area contributed by atoms with Crippen LogP contribution in [-0.4, -0.2) is 0 Å². The van der Waals surface area contributed by atoms with E-state index in [1.807, 2.05) is 12.1 Å². The van der Waals surface area contributed by atoms with Crippen molar-refractivity contribution in [2.24, 2.45) is 5.41 Å². The summed E-state index contributed by atoms with van der Waals surface area (Å²) in [5, 5.41) is 0. The number of hydrogen-bond acceptors (Lipinski definition) is 1. The Hall–Kier alpha value is -0.980. The second kappa shape index (κ2) is 7.45. The third-order valence-electron chi connectivity index (χ3n) is 3.76. The summed E-state index contributed by atoms with van der Waals surface area (Å²) in [6.45, 7) is 7.09. The molecule has 0 saturated heterocycles. The minimum atomic E-state index is 0.525. The molecule has 1 rings (SSSR count). The van der Waals surface area contributed by atoms with Crippen molar-refractivity contribution in [1.29, 1.82) is 0 Å². The van der Waals surface area contributed by atoms with Crippen LogP contribution >= 0.6 is 0 Å². The number of rotatable bonds is 8. The molecule has 0 heterocycles. The highest BCUT2D eigenvalue weighted by Crippen LogP contribution is 2.29. The summed E-state index contributed by atoms with van der Waals surface area (Å²) in [7, 11) is 0. The van der Waals surface area contributed by atoms with Crippen LogP contribution in [0, 0.1) is 5.41 Å². The Balaban J connectivity index is 2.20. The summed E-state index contributed by atoms with van der Waals surface area (Å²) in [5.74, 6) is 0. The third kappa shape index (κ3) is 6.09. The smallest absolute Gasteiger partial charge is 0.0314 e. The lowest BCUT2D eigenvalue weighted by atomic mass is 9.82. The van der Waals surface area contributed by atoms with E-state index in [2.05, 4.69) is 32.9 Å². The van der Waals surface area contributed by atoms with E-state index >= 15 is 0 Å². The van der Waals surface area contributed by atoms with Gasteiger partial charge in [0.05, 0.1) is 0 Å². The molecular weight excluding hydrogens is 218 g/mol. The number of nitrogen functional groups attached to an aromatic ring is 1. The minimum Gasteiger partial charge on any atom is -0.399 e. The largest absolute Gasteiger partial charge is 0.399 e. The van der Waals surface area contributed by atoms with Crippen molar-refractivity contribution in [3.8, 4) is 0 Å². The fourth-order valence-electron chi connectivity index (χ4n) is 2.40. The highest BCUT2D eigenvalue weighted by Gasteiger charge is 2.15. The molecule has 0 saturated carbocycles. The van der Waals surface area contributed by atoms with Gasteiger partial charge in [0.25, 0.3) is 0 Å². The van der Waals surface area contributed by atoms with Crippen LogP contribution in [0.3, 0.4) is 0 Å². The van der Waals surface area contributed by atoms with E-state index in [0.29, 0.717) is 5.41 Å². The van der Waals surface area contributed by atoms with Gasteiger partial charge in [-0.2, -0.15) is 0 Å². The summed E-state index contributed by atoms with van der Waals surface area (Å²) >= 11 is 0. The first-order chi connectivity index (χ1) is 8.53. The zero-order valence-electron chi connectivity index (χ0n) is 12.3. The zero-order chi connectivity index (χ0) is 13.4. The van der Waals surface area contributed by atoms with Gasteiger partial charge >= 0.3 is 0 Å². The van der Waals surface area contributed by atoms with Crippen LogP contribution in [0.1, 0.15) is 64.9 Å². The topological polar surface area (TPSA) is 26.0 Å². The number of hydrogen-bond donors (Lipinski definition) is 1. The van der Waals surface area contributed by atoms with Gasteiger partial charge < -0.3 is 5.73 Å². The molecule has 0 aromatic heterocycles. The maximum Gasteiger partial charge on any atom is 0.0314 e. The Labute approximate surface area is 113 Å². The first kappa shape index (κ1) is 15.1. The molecule has 1 aromatic carbocycles. The Kier molecular flexibility index (Phi) is 6.24. The van der Waals surface area contributed by atoms with E-state index in [1.165, 1.54) is 50.5 Å². The molecule has 0 aliphatic heterocycles. The molecule has 0 aliphatic rings. The lowest BCUT2D eigenvalue weighted by Gasteiger charge is -2.24. The molecule has 102 valence electrons. The number of unbranched alkanes of at least 4 members (excludes halogenated alkanes) is 2. The summed E-state index contributed by atoms with van der Waals surface area (Å²) in [5.41, 5.74) is 8.48. The van der Waals surface area contributed by atoms with Crippen LogP contribution in [0.15, 0.2) is 24.3 Å². The Morgan fingerprint density at radius 1 is 0.944 bits per heavy atom. The molecule has 0 atom stereocenters. The molecule has 0 bridgehead atoms. The molecule has 0 amide bonds. The van der Waals surface area contributed by atoms with E-state index in [9.17, 15) is 0 Å². The third-order valence-corrected chi connectivity index (χ3v) is 3.76. The predicted molar refractivity (Wildman–Crippen MR) is 81.7 cm³/mol. The quantitative estimate of drug-likeness (QED) is 0.496. The number of anilines is 1. The molecular formula is C17H29N. The molecule has 0 fully saturated rings. The predicted octanol–water partition coefficient (Wildman–Crippen LogP) is 5.20. The highest BCUT2D eigenvalue weighted by atomic mass is 14.5. The second-order valence-corrected chi connectivity index (χ2v) is 6.22. The van der Waals surface area contributed by atoms with Crippen molar-refractivity contribution in [2.45, 2.75) is 65.7 Å². The molecule has 1 heteroatoms. The summed E-state index contributed by atoms with van der Waals surface area (Å²) in [6.07, 6.45) is 9.21. The first-order valence-corrected chi connectivity index (χ1v) is 7.38. The van der Waals surface area contributed by atoms with Crippen LogP contribution in [0.2, 0.25) is 0 Å². The molecule has 2 N–H and O–H groups in total. The standard InChI is InChI=1S/C17H29N/c1-4-5-13-17(2,3)14-7-6-8-15-9-11-16(18)12-10-15/h9-12H,4-8,13-14,18H2,1-3H3. The average molecular weight is 247 g/mol. The minimum absolute atomic E-state index is 0.525. The molecule has 0 unspecified atom stereocenters. The SMILES string of the molecule is CCCCC(C)(C)CCCCc1ccc(N)cc1. The van der Waals surface area contributed by atoms with Crippen LogP contribution in [0.25, 0.3) is 0 Å². The lowest BCUT2D eigenvalue weighted by molar-refractivity contribution is 0.287. The highest BCUT2D eigenvalue weighted by molar-refractivity contribution is 5.39. The van der Waals surface area contributed by atoms with Crippen molar-refractivity contribution in [1.82, 2.24) is 0 Å². The van der Waals surface area contributed by atoms with Gasteiger partial charge in [0.2, 0.25) is 0 Å². The average Bonchev–Trinajstić information content (AvgIpc) is 2.34. The lowest BCUT2D eigenvalue weighted by Crippen LogP contribution is -2.11. The fourth-order valence-corrected chi connectivity index (χ4v) is 2.40. The van der Waals surface area contributed by atoms with Crippen LogP contribution in [0.4, 0.5) is 5.69 Å². The van der Waals surface area contributed by atoms with Crippen molar-refractivity contribution in [3.63, 3.8) is 0 Å². The fraction of sp³-hybridized carbons (Fsp3) is 0.647. The van der Waals surface area contributed by atoms with Gasteiger partial charge in [0, 0.05) is 5.69 Å². The maximum absolute atomic E-state index is 5.69. The van der Waals surface area contributed by atoms with Gasteiger partial charge in [0.1, 0.15) is 0 Å². The summed E-state index contributed by atoms with van der Waals surface area (Å²) in [4.78, 5) is 0. The van der Waals surface area contributed by atoms with Crippen molar-refractivity contribution >= 4 is 5.69 Å². The van der Waals surface area contributed by atoms with E-state index in [0.717, 1.165) is 5.69 Å². The summed E-state index contributed by atoms with van der Waals surface area (Å²) in [6, 6.07) is 8.30. The van der Waals surface area contributed by atoms with Gasteiger partial charge in [-0.15, -0.1) is 0 Å². The molecule has 0 spiro atoms. The van der Waals surface area contributed by atoms with Crippen molar-refractivity contribution in [3.05, 3.63) is 29.8 Å². The molecule has 0 aliphatic carbocycles. The number of benzene rings is 1. The Morgan fingerprint density at radius 3 is 2.17 bits per heavy atom.